The third kappa shape index (κ3) is 2.92. The van der Waals surface area contributed by atoms with Gasteiger partial charge in [-0.2, -0.15) is 13.2 Å². The summed E-state index contributed by atoms with van der Waals surface area (Å²) < 4.78 is 34.4. The molecule has 0 radical (unpaired) electrons. The van der Waals surface area contributed by atoms with E-state index in [1.807, 2.05) is 0 Å². The van der Waals surface area contributed by atoms with Crippen molar-refractivity contribution in [2.45, 2.75) is 6.18 Å². The molecule has 0 aliphatic heterocycles. The van der Waals surface area contributed by atoms with Crippen LogP contribution in [-0.2, 0) is 0 Å². The van der Waals surface area contributed by atoms with Crippen LogP contribution in [0.2, 0.25) is 0 Å². The molecule has 1 rings (SSSR count). The highest BCUT2D eigenvalue weighted by Gasteiger charge is 2.28. The SMILES string of the molecule is FC(F)(F)COn1cccn1. The van der Waals surface area contributed by atoms with Crippen LogP contribution >= 0.6 is 0 Å². The number of halogens is 3. The maximum absolute atomic E-state index is 11.5. The lowest BCUT2D eigenvalue weighted by Gasteiger charge is -2.06. The summed E-state index contributed by atoms with van der Waals surface area (Å²) in [5.74, 6) is 0. The van der Waals surface area contributed by atoms with Gasteiger partial charge in [0.05, 0.1) is 12.4 Å². The minimum atomic E-state index is -4.31. The number of rotatable bonds is 2. The Morgan fingerprint density at radius 2 is 2.18 bits per heavy atom. The monoisotopic (exact) mass is 166 g/mol. The summed E-state index contributed by atoms with van der Waals surface area (Å²) in [5, 5.41) is 3.41. The largest absolute Gasteiger partial charge is 0.425 e. The van der Waals surface area contributed by atoms with Gasteiger partial charge in [0.15, 0.2) is 0 Å². The van der Waals surface area contributed by atoms with E-state index < -0.39 is 12.8 Å². The second kappa shape index (κ2) is 2.81. The van der Waals surface area contributed by atoms with Gasteiger partial charge >= 0.3 is 6.18 Å². The topological polar surface area (TPSA) is 27.1 Å². The molecule has 1 aromatic heterocycles. The third-order valence-corrected chi connectivity index (χ3v) is 0.841. The Labute approximate surface area is 60.3 Å². The van der Waals surface area contributed by atoms with Crippen LogP contribution in [0.15, 0.2) is 18.5 Å². The molecule has 3 nitrogen and oxygen atoms in total. The molecule has 0 aliphatic rings. The highest BCUT2D eigenvalue weighted by atomic mass is 19.4. The summed E-state index contributed by atoms with van der Waals surface area (Å²) in [6, 6.07) is 1.47. The molecule has 0 saturated heterocycles. The molecule has 11 heavy (non-hydrogen) atoms. The normalized spacial score (nSPS) is 11.5. The molecule has 0 N–H and O–H groups in total. The van der Waals surface area contributed by atoms with E-state index in [1.54, 1.807) is 0 Å². The summed E-state index contributed by atoms with van der Waals surface area (Å²) in [4.78, 5) is 4.95. The first-order chi connectivity index (χ1) is 5.08. The van der Waals surface area contributed by atoms with Crippen molar-refractivity contribution in [3.05, 3.63) is 18.5 Å². The smallest absolute Gasteiger partial charge is 0.387 e. The molecule has 0 fully saturated rings. The van der Waals surface area contributed by atoms with Crippen LogP contribution < -0.4 is 4.84 Å². The maximum atomic E-state index is 11.5. The number of alkyl halides is 3. The molecule has 0 aromatic carbocycles. The Kier molecular flexibility index (Phi) is 2.02. The first kappa shape index (κ1) is 7.90. The van der Waals surface area contributed by atoms with Crippen LogP contribution in [0, 0.1) is 0 Å². The minimum Gasteiger partial charge on any atom is -0.387 e. The molecule has 0 bridgehead atoms. The Morgan fingerprint density at radius 3 is 2.64 bits per heavy atom. The van der Waals surface area contributed by atoms with Gasteiger partial charge in [-0.1, -0.05) is 0 Å². The maximum Gasteiger partial charge on any atom is 0.425 e. The average molecular weight is 166 g/mol. The number of aromatic nitrogens is 2. The average Bonchev–Trinajstić information content (AvgIpc) is 2.32. The Morgan fingerprint density at radius 1 is 1.45 bits per heavy atom. The first-order valence-corrected chi connectivity index (χ1v) is 2.77. The third-order valence-electron chi connectivity index (χ3n) is 0.841. The van der Waals surface area contributed by atoms with E-state index in [0.29, 0.717) is 0 Å². The first-order valence-electron chi connectivity index (χ1n) is 2.77. The lowest BCUT2D eigenvalue weighted by atomic mass is 10.7. The summed E-state index contributed by atoms with van der Waals surface area (Å²) >= 11 is 0. The van der Waals surface area contributed by atoms with Crippen molar-refractivity contribution in [3.63, 3.8) is 0 Å². The van der Waals surface area contributed by atoms with E-state index in [1.165, 1.54) is 18.5 Å². The zero-order valence-electron chi connectivity index (χ0n) is 5.38. The Hall–Kier alpha value is -1.20. The van der Waals surface area contributed by atoms with Gasteiger partial charge in [0.25, 0.3) is 0 Å². The van der Waals surface area contributed by atoms with Gasteiger partial charge < -0.3 is 4.84 Å². The van der Waals surface area contributed by atoms with E-state index in [0.717, 1.165) is 4.85 Å². The highest BCUT2D eigenvalue weighted by Crippen LogP contribution is 2.12. The van der Waals surface area contributed by atoms with E-state index >= 15 is 0 Å². The van der Waals surface area contributed by atoms with Crippen LogP contribution in [0.4, 0.5) is 13.2 Å². The van der Waals surface area contributed by atoms with Crippen molar-refractivity contribution in [2.24, 2.45) is 0 Å². The highest BCUT2D eigenvalue weighted by molar-refractivity contribution is 4.75. The summed E-state index contributed by atoms with van der Waals surface area (Å²) in [5.41, 5.74) is 0. The molecule has 0 saturated carbocycles. The zero-order valence-corrected chi connectivity index (χ0v) is 5.38. The van der Waals surface area contributed by atoms with Crippen molar-refractivity contribution in [1.29, 1.82) is 0 Å². The number of hydrogen-bond donors (Lipinski definition) is 0. The predicted molar refractivity (Wildman–Crippen MR) is 29.7 cm³/mol. The molecule has 0 spiro atoms. The van der Waals surface area contributed by atoms with Gasteiger partial charge in [-0.15, -0.1) is 9.94 Å². The van der Waals surface area contributed by atoms with Crippen molar-refractivity contribution in [3.8, 4) is 0 Å². The molecule has 1 aromatic rings. The van der Waals surface area contributed by atoms with Gasteiger partial charge in [-0.25, -0.2) is 0 Å². The molecule has 0 atom stereocenters. The van der Waals surface area contributed by atoms with Gasteiger partial charge in [0.2, 0.25) is 6.61 Å². The number of hydrogen-bond acceptors (Lipinski definition) is 2. The van der Waals surface area contributed by atoms with E-state index in [2.05, 4.69) is 9.94 Å². The van der Waals surface area contributed by atoms with Crippen molar-refractivity contribution in [1.82, 2.24) is 9.94 Å². The summed E-state index contributed by atoms with van der Waals surface area (Å²) in [7, 11) is 0. The predicted octanol–water partition coefficient (Wildman–Crippen LogP) is 0.874. The van der Waals surface area contributed by atoms with E-state index in [-0.39, 0.29) is 0 Å². The lowest BCUT2D eigenvalue weighted by molar-refractivity contribution is -0.178. The fourth-order valence-corrected chi connectivity index (χ4v) is 0.470. The van der Waals surface area contributed by atoms with Gasteiger partial charge in [-0.3, -0.25) is 0 Å². The molecular formula is C5H5F3N2O. The van der Waals surface area contributed by atoms with Crippen LogP contribution in [0.1, 0.15) is 0 Å². The van der Waals surface area contributed by atoms with Gasteiger partial charge in [-0.05, 0) is 6.07 Å². The standard InChI is InChI=1S/C5H5F3N2O/c6-5(7,8)4-11-10-3-1-2-9-10/h1-3H,4H2. The molecule has 0 aliphatic carbocycles. The lowest BCUT2D eigenvalue weighted by Crippen LogP contribution is -2.25. The van der Waals surface area contributed by atoms with Crippen molar-refractivity contribution < 1.29 is 18.0 Å². The van der Waals surface area contributed by atoms with E-state index in [9.17, 15) is 13.2 Å². The molecule has 1 heterocycles. The summed E-state index contributed by atoms with van der Waals surface area (Å²) in [6.45, 7) is -1.32. The van der Waals surface area contributed by atoms with Gasteiger partial charge in [0, 0.05) is 0 Å². The Balaban J connectivity index is 2.35. The second-order valence-corrected chi connectivity index (χ2v) is 1.80. The van der Waals surface area contributed by atoms with E-state index in [4.69, 9.17) is 0 Å². The second-order valence-electron chi connectivity index (χ2n) is 1.80. The molecule has 62 valence electrons. The fraction of sp³-hybridized carbons (Fsp3) is 0.400. The van der Waals surface area contributed by atoms with Crippen LogP contribution in [0.3, 0.4) is 0 Å². The quantitative estimate of drug-likeness (QED) is 0.651. The molecule has 6 heteroatoms. The van der Waals surface area contributed by atoms with Crippen molar-refractivity contribution >= 4 is 0 Å². The molecule has 0 amide bonds. The number of nitrogens with zero attached hydrogens (tertiary/aromatic N) is 2. The molecule has 0 unspecified atom stereocenters. The van der Waals surface area contributed by atoms with Crippen LogP contribution in [0.5, 0.6) is 0 Å². The van der Waals surface area contributed by atoms with Crippen LogP contribution in [-0.4, -0.2) is 22.7 Å². The minimum absolute atomic E-state index is 0.757. The zero-order chi connectivity index (χ0) is 8.32. The fourth-order valence-electron chi connectivity index (χ4n) is 0.470. The van der Waals surface area contributed by atoms with Gasteiger partial charge in [0.1, 0.15) is 0 Å². The Bertz CT molecular complexity index is 206. The summed E-state index contributed by atoms with van der Waals surface area (Å²) in [6.07, 6.45) is -1.70. The molecular weight excluding hydrogens is 161 g/mol. The van der Waals surface area contributed by atoms with Crippen molar-refractivity contribution in [2.75, 3.05) is 6.61 Å². The van der Waals surface area contributed by atoms with Crippen LogP contribution in [0.25, 0.3) is 0 Å².